The van der Waals surface area contributed by atoms with Crippen LogP contribution in [0.4, 0.5) is 13.2 Å². The zero-order valence-corrected chi connectivity index (χ0v) is 14.8. The third kappa shape index (κ3) is 4.24. The van der Waals surface area contributed by atoms with E-state index in [0.29, 0.717) is 25.3 Å². The third-order valence-electron chi connectivity index (χ3n) is 4.90. The van der Waals surface area contributed by atoms with Crippen molar-refractivity contribution in [2.45, 2.75) is 44.7 Å². The van der Waals surface area contributed by atoms with Crippen LogP contribution >= 0.6 is 0 Å². The van der Waals surface area contributed by atoms with Crippen LogP contribution in [0.25, 0.3) is 0 Å². The van der Waals surface area contributed by atoms with Crippen molar-refractivity contribution in [3.8, 4) is 0 Å². The second-order valence-corrected chi connectivity index (χ2v) is 6.99. The lowest BCUT2D eigenvalue weighted by Crippen LogP contribution is -2.36. The van der Waals surface area contributed by atoms with Crippen LogP contribution < -0.4 is 5.32 Å². The molecule has 0 fully saturated rings. The van der Waals surface area contributed by atoms with Gasteiger partial charge in [0.2, 0.25) is 0 Å². The number of rotatable bonds is 5. The molecule has 1 aromatic carbocycles. The van der Waals surface area contributed by atoms with Crippen molar-refractivity contribution in [3.63, 3.8) is 0 Å². The minimum absolute atomic E-state index is 0.144. The Morgan fingerprint density at radius 3 is 2.67 bits per heavy atom. The maximum Gasteiger partial charge on any atom is 0.434 e. The van der Waals surface area contributed by atoms with Gasteiger partial charge in [0.05, 0.1) is 0 Å². The monoisotopic (exact) mass is 374 g/mol. The molecule has 0 bridgehead atoms. The first kappa shape index (κ1) is 17.9. The average molecular weight is 374 g/mol. The van der Waals surface area contributed by atoms with Crippen LogP contribution in [0.15, 0.2) is 55.0 Å². The number of aryl methyl sites for hydroxylation is 1. The van der Waals surface area contributed by atoms with E-state index >= 15 is 0 Å². The summed E-state index contributed by atoms with van der Waals surface area (Å²) in [5.41, 5.74) is 1.61. The first-order valence-electron chi connectivity index (χ1n) is 9.02. The summed E-state index contributed by atoms with van der Waals surface area (Å²) in [5, 5.41) is 3.46. The largest absolute Gasteiger partial charge is 0.434 e. The molecular formula is C20H21F3N4. The fourth-order valence-electron chi connectivity index (χ4n) is 3.50. The zero-order chi connectivity index (χ0) is 18.9. The van der Waals surface area contributed by atoms with Crippen molar-refractivity contribution in [1.29, 1.82) is 0 Å². The minimum Gasteiger partial charge on any atom is -0.350 e. The Kier molecular flexibility index (Phi) is 4.78. The fourth-order valence-corrected chi connectivity index (χ4v) is 3.50. The molecule has 1 aliphatic heterocycles. The number of benzene rings is 1. The van der Waals surface area contributed by atoms with Crippen LogP contribution in [0.2, 0.25) is 0 Å². The maximum atomic E-state index is 12.8. The Morgan fingerprint density at radius 2 is 1.89 bits per heavy atom. The molecule has 0 saturated carbocycles. The van der Waals surface area contributed by atoms with Crippen molar-refractivity contribution in [1.82, 2.24) is 19.4 Å². The van der Waals surface area contributed by atoms with Gasteiger partial charge in [-0.2, -0.15) is 13.2 Å². The molecule has 1 unspecified atom stereocenters. The summed E-state index contributed by atoms with van der Waals surface area (Å²) >= 11 is 0. The molecule has 2 aromatic heterocycles. The average Bonchev–Trinajstić information content (AvgIpc) is 3.27. The first-order chi connectivity index (χ1) is 13.0. The number of nitrogens with zero attached hydrogens (tertiary/aromatic N) is 3. The maximum absolute atomic E-state index is 12.8. The van der Waals surface area contributed by atoms with Crippen LogP contribution in [0.1, 0.15) is 29.1 Å². The summed E-state index contributed by atoms with van der Waals surface area (Å²) in [6.07, 6.45) is 2.25. The standard InChI is InChI=1S/C20H21F3N4/c21-20(22,23)18-14-27-13-17(6-7-19(27)25-18)24-10-16-8-9-26(12-16)11-15-4-2-1-3-5-15/h1-5,8-9,12,14,17,24H,6-7,10-11,13H2. The highest BCUT2D eigenvalue weighted by molar-refractivity contribution is 5.18. The molecule has 4 rings (SSSR count). The molecule has 0 saturated heterocycles. The van der Waals surface area contributed by atoms with Gasteiger partial charge in [-0.1, -0.05) is 30.3 Å². The van der Waals surface area contributed by atoms with Gasteiger partial charge >= 0.3 is 6.18 Å². The molecular weight excluding hydrogens is 353 g/mol. The molecule has 1 atom stereocenters. The van der Waals surface area contributed by atoms with Crippen LogP contribution in [-0.4, -0.2) is 20.2 Å². The second-order valence-electron chi connectivity index (χ2n) is 6.99. The number of nitrogens with one attached hydrogen (secondary N) is 1. The lowest BCUT2D eigenvalue weighted by Gasteiger charge is -2.24. The summed E-state index contributed by atoms with van der Waals surface area (Å²) in [7, 11) is 0. The lowest BCUT2D eigenvalue weighted by molar-refractivity contribution is -0.141. The highest BCUT2D eigenvalue weighted by Crippen LogP contribution is 2.29. The van der Waals surface area contributed by atoms with Gasteiger partial charge in [-0.25, -0.2) is 4.98 Å². The Labute approximate surface area is 155 Å². The molecule has 1 aliphatic rings. The topological polar surface area (TPSA) is 34.8 Å². The number of aromatic nitrogens is 3. The van der Waals surface area contributed by atoms with E-state index in [2.05, 4.69) is 45.5 Å². The Bertz CT molecular complexity index is 896. The van der Waals surface area contributed by atoms with E-state index < -0.39 is 11.9 Å². The molecule has 3 aromatic rings. The molecule has 4 nitrogen and oxygen atoms in total. The Hall–Kier alpha value is -2.54. The SMILES string of the molecule is FC(F)(F)c1cn2c(n1)CCC(NCc1ccn(Cc3ccccc3)c1)C2. The van der Waals surface area contributed by atoms with Gasteiger partial charge in [-0.15, -0.1) is 0 Å². The summed E-state index contributed by atoms with van der Waals surface area (Å²) in [5.74, 6) is 0.523. The normalized spacial score (nSPS) is 17.1. The van der Waals surface area contributed by atoms with Crippen LogP contribution in [-0.2, 0) is 32.2 Å². The number of halogens is 3. The molecule has 0 amide bonds. The molecule has 0 aliphatic carbocycles. The third-order valence-corrected chi connectivity index (χ3v) is 4.90. The molecule has 3 heterocycles. The van der Waals surface area contributed by atoms with Crippen molar-refractivity contribution < 1.29 is 13.2 Å². The van der Waals surface area contributed by atoms with E-state index in [9.17, 15) is 13.2 Å². The van der Waals surface area contributed by atoms with Gasteiger partial charge in [0.15, 0.2) is 5.69 Å². The number of imidazole rings is 1. The van der Waals surface area contributed by atoms with Gasteiger partial charge in [0.1, 0.15) is 5.82 Å². The summed E-state index contributed by atoms with van der Waals surface area (Å²) in [6, 6.07) is 12.5. The van der Waals surface area contributed by atoms with E-state index in [4.69, 9.17) is 0 Å². The first-order valence-corrected chi connectivity index (χ1v) is 9.02. The molecule has 142 valence electrons. The van der Waals surface area contributed by atoms with Crippen LogP contribution in [0.5, 0.6) is 0 Å². The quantitative estimate of drug-likeness (QED) is 0.736. The summed E-state index contributed by atoms with van der Waals surface area (Å²) < 4.78 is 42.2. The van der Waals surface area contributed by atoms with E-state index in [-0.39, 0.29) is 6.04 Å². The highest BCUT2D eigenvalue weighted by Gasteiger charge is 2.35. The number of hydrogen-bond donors (Lipinski definition) is 1. The Balaban J connectivity index is 1.33. The van der Waals surface area contributed by atoms with Crippen molar-refractivity contribution >= 4 is 0 Å². The predicted molar refractivity (Wildman–Crippen MR) is 96.2 cm³/mol. The van der Waals surface area contributed by atoms with Gasteiger partial charge < -0.3 is 14.5 Å². The fraction of sp³-hybridized carbons (Fsp3) is 0.350. The van der Waals surface area contributed by atoms with E-state index in [1.807, 2.05) is 18.2 Å². The van der Waals surface area contributed by atoms with E-state index in [1.54, 1.807) is 4.57 Å². The van der Waals surface area contributed by atoms with Gasteiger partial charge in [0.25, 0.3) is 0 Å². The summed E-state index contributed by atoms with van der Waals surface area (Å²) in [4.78, 5) is 3.72. The van der Waals surface area contributed by atoms with E-state index in [0.717, 1.165) is 19.2 Å². The summed E-state index contributed by atoms with van der Waals surface area (Å²) in [6.45, 7) is 2.04. The molecule has 0 radical (unpaired) electrons. The number of alkyl halides is 3. The van der Waals surface area contributed by atoms with Crippen LogP contribution in [0, 0.1) is 0 Å². The van der Waals surface area contributed by atoms with Gasteiger partial charge in [-0.05, 0) is 23.6 Å². The molecule has 27 heavy (non-hydrogen) atoms. The zero-order valence-electron chi connectivity index (χ0n) is 14.8. The smallest absolute Gasteiger partial charge is 0.350 e. The lowest BCUT2D eigenvalue weighted by atomic mass is 10.1. The van der Waals surface area contributed by atoms with Crippen molar-refractivity contribution in [3.05, 3.63) is 77.6 Å². The highest BCUT2D eigenvalue weighted by atomic mass is 19.4. The minimum atomic E-state index is -4.38. The molecule has 0 spiro atoms. The number of hydrogen-bond acceptors (Lipinski definition) is 2. The van der Waals surface area contributed by atoms with Crippen molar-refractivity contribution in [2.24, 2.45) is 0 Å². The van der Waals surface area contributed by atoms with Gasteiger partial charge in [-0.3, -0.25) is 0 Å². The van der Waals surface area contributed by atoms with E-state index in [1.165, 1.54) is 11.1 Å². The second kappa shape index (κ2) is 7.23. The predicted octanol–water partition coefficient (Wildman–Crippen LogP) is 3.86. The van der Waals surface area contributed by atoms with Crippen LogP contribution in [0.3, 0.4) is 0 Å². The Morgan fingerprint density at radius 1 is 1.07 bits per heavy atom. The molecule has 7 heteroatoms. The van der Waals surface area contributed by atoms with Crippen molar-refractivity contribution in [2.75, 3.05) is 0 Å². The number of fused-ring (bicyclic) bond motifs is 1. The van der Waals surface area contributed by atoms with Gasteiger partial charge in [0, 0.05) is 50.7 Å². The molecule has 1 N–H and O–H groups in total.